The molecule has 0 bridgehead atoms. The number of nitrogens with zero attached hydrogens (tertiary/aromatic N) is 1. The number of nitrogens with one attached hydrogen (secondary N) is 1. The molecule has 0 saturated heterocycles. The van der Waals surface area contributed by atoms with Crippen LogP contribution in [0.1, 0.15) is 16.7 Å². The van der Waals surface area contributed by atoms with Crippen LogP contribution < -0.4 is 9.46 Å². The monoisotopic (exact) mass is 490 g/mol. The van der Waals surface area contributed by atoms with Gasteiger partial charge in [-0.15, -0.1) is 0 Å². The number of sulfonamides is 2. The molecule has 0 aromatic heterocycles. The van der Waals surface area contributed by atoms with E-state index in [1.807, 2.05) is 0 Å². The van der Waals surface area contributed by atoms with E-state index in [4.69, 9.17) is 4.74 Å². The van der Waals surface area contributed by atoms with E-state index in [1.165, 1.54) is 23.5 Å². The third-order valence-electron chi connectivity index (χ3n) is 5.40. The van der Waals surface area contributed by atoms with Gasteiger partial charge in [0.05, 0.1) is 17.8 Å². The molecule has 3 aromatic carbocycles. The third-order valence-corrected chi connectivity index (χ3v) is 8.52. The first-order valence-corrected chi connectivity index (χ1v) is 13.3. The highest BCUT2D eigenvalue weighted by atomic mass is 32.2. The van der Waals surface area contributed by atoms with Gasteiger partial charge < -0.3 is 4.74 Å². The first kappa shape index (κ1) is 23.2. The van der Waals surface area contributed by atoms with Gasteiger partial charge in [-0.1, -0.05) is 18.2 Å². The lowest BCUT2D eigenvalue weighted by atomic mass is 10.0. The Bertz CT molecular complexity index is 1370. The summed E-state index contributed by atoms with van der Waals surface area (Å²) < 4.78 is 73.5. The number of ether oxygens (including phenoxy) is 1. The van der Waals surface area contributed by atoms with E-state index in [0.717, 1.165) is 17.7 Å². The van der Waals surface area contributed by atoms with Gasteiger partial charge in [0.25, 0.3) is 0 Å². The molecule has 0 amide bonds. The van der Waals surface area contributed by atoms with Crippen molar-refractivity contribution in [2.45, 2.75) is 23.6 Å². The van der Waals surface area contributed by atoms with Gasteiger partial charge in [-0.3, -0.25) is 4.72 Å². The number of benzene rings is 3. The first-order valence-electron chi connectivity index (χ1n) is 10.2. The topological polar surface area (TPSA) is 92.8 Å². The fraction of sp³-hybridized carbons (Fsp3) is 0.217. The largest absolute Gasteiger partial charge is 0.497 e. The molecule has 1 heterocycles. The maximum absolute atomic E-state index is 13.2. The lowest BCUT2D eigenvalue weighted by Gasteiger charge is -2.28. The predicted octanol–water partition coefficient (Wildman–Crippen LogP) is 3.52. The molecule has 4 rings (SSSR count). The Balaban J connectivity index is 1.52. The van der Waals surface area contributed by atoms with Gasteiger partial charge in [0.15, 0.2) is 0 Å². The number of methoxy groups -OCH3 is 1. The number of anilines is 1. The summed E-state index contributed by atoms with van der Waals surface area (Å²) in [5.41, 5.74) is 2.61. The molecule has 0 fully saturated rings. The minimum atomic E-state index is -3.80. The number of fused-ring (bicyclic) bond motifs is 1. The van der Waals surface area contributed by atoms with Crippen LogP contribution in [0.2, 0.25) is 0 Å². The molecule has 10 heteroatoms. The van der Waals surface area contributed by atoms with Crippen molar-refractivity contribution in [1.82, 2.24) is 4.31 Å². The van der Waals surface area contributed by atoms with Gasteiger partial charge in [0.2, 0.25) is 20.0 Å². The summed E-state index contributed by atoms with van der Waals surface area (Å²) in [4.78, 5) is 0.0162. The van der Waals surface area contributed by atoms with Crippen LogP contribution >= 0.6 is 0 Å². The average Bonchev–Trinajstić information content (AvgIpc) is 2.78. The van der Waals surface area contributed by atoms with Crippen molar-refractivity contribution in [1.29, 1.82) is 0 Å². The van der Waals surface area contributed by atoms with Crippen molar-refractivity contribution in [2.24, 2.45) is 0 Å². The van der Waals surface area contributed by atoms with Gasteiger partial charge in [0, 0.05) is 18.8 Å². The zero-order valence-electron chi connectivity index (χ0n) is 17.9. The van der Waals surface area contributed by atoms with E-state index in [-0.39, 0.29) is 23.7 Å². The van der Waals surface area contributed by atoms with Crippen LogP contribution in [0.3, 0.4) is 0 Å². The second-order valence-corrected chi connectivity index (χ2v) is 11.4. The smallest absolute Gasteiger partial charge is 0.243 e. The lowest BCUT2D eigenvalue weighted by Crippen LogP contribution is -2.36. The molecule has 3 aromatic rings. The van der Waals surface area contributed by atoms with Crippen LogP contribution in [0.15, 0.2) is 71.6 Å². The fourth-order valence-corrected chi connectivity index (χ4v) is 6.35. The maximum atomic E-state index is 13.2. The highest BCUT2D eigenvalue weighted by Gasteiger charge is 2.28. The third kappa shape index (κ3) is 5.35. The van der Waals surface area contributed by atoms with Crippen LogP contribution in [0, 0.1) is 5.82 Å². The number of rotatable bonds is 7. The molecule has 1 aliphatic rings. The van der Waals surface area contributed by atoms with Gasteiger partial charge >= 0.3 is 0 Å². The standard InChI is InChI=1S/C23H23FN2O5S2/c1-31-22-4-2-3-17(13-22)16-32(27,28)25-21-8-5-18-11-12-26(15-19(18)14-21)33(29,30)23-9-6-20(24)7-10-23/h2-10,13-14,25H,11-12,15-16H2,1H3. The molecule has 1 aliphatic heterocycles. The van der Waals surface area contributed by atoms with E-state index in [1.54, 1.807) is 42.5 Å². The molecule has 0 saturated carbocycles. The van der Waals surface area contributed by atoms with E-state index in [2.05, 4.69) is 4.72 Å². The normalized spacial score (nSPS) is 14.5. The van der Waals surface area contributed by atoms with Crippen molar-refractivity contribution < 1.29 is 26.0 Å². The van der Waals surface area contributed by atoms with E-state index in [0.29, 0.717) is 29.0 Å². The minimum Gasteiger partial charge on any atom is -0.497 e. The van der Waals surface area contributed by atoms with E-state index in [9.17, 15) is 21.2 Å². The summed E-state index contributed by atoms with van der Waals surface area (Å²) in [6.45, 7) is 0.383. The van der Waals surface area contributed by atoms with Gasteiger partial charge in [-0.2, -0.15) is 4.31 Å². The molecule has 0 radical (unpaired) electrons. The van der Waals surface area contributed by atoms with Crippen LogP contribution in [-0.2, 0) is 38.8 Å². The Labute approximate surface area is 192 Å². The van der Waals surface area contributed by atoms with Crippen LogP contribution in [-0.4, -0.2) is 34.8 Å². The molecule has 0 atom stereocenters. The van der Waals surface area contributed by atoms with Gasteiger partial charge in [-0.25, -0.2) is 21.2 Å². The number of hydrogen-bond acceptors (Lipinski definition) is 5. The van der Waals surface area contributed by atoms with Crippen molar-refractivity contribution in [2.75, 3.05) is 18.4 Å². The minimum absolute atomic E-state index is 0.0162. The highest BCUT2D eigenvalue weighted by Crippen LogP contribution is 2.28. The van der Waals surface area contributed by atoms with Crippen LogP contribution in [0.4, 0.5) is 10.1 Å². The molecule has 0 aliphatic carbocycles. The Morgan fingerprint density at radius 2 is 1.73 bits per heavy atom. The summed E-state index contributed by atoms with van der Waals surface area (Å²) >= 11 is 0. The number of hydrogen-bond donors (Lipinski definition) is 1. The molecule has 33 heavy (non-hydrogen) atoms. The van der Waals surface area contributed by atoms with E-state index < -0.39 is 25.9 Å². The van der Waals surface area contributed by atoms with Crippen molar-refractivity contribution in [3.05, 3.63) is 89.2 Å². The second-order valence-electron chi connectivity index (χ2n) is 7.74. The zero-order valence-corrected chi connectivity index (χ0v) is 19.5. The van der Waals surface area contributed by atoms with Gasteiger partial charge in [0.1, 0.15) is 11.6 Å². The van der Waals surface area contributed by atoms with Gasteiger partial charge in [-0.05, 0) is 71.6 Å². The second kappa shape index (κ2) is 9.12. The molecule has 0 spiro atoms. The van der Waals surface area contributed by atoms with Crippen molar-refractivity contribution in [3.63, 3.8) is 0 Å². The summed E-state index contributed by atoms with van der Waals surface area (Å²) in [6, 6.07) is 16.7. The number of halogens is 1. The fourth-order valence-electron chi connectivity index (χ4n) is 3.75. The van der Waals surface area contributed by atoms with Crippen molar-refractivity contribution >= 4 is 25.7 Å². The summed E-state index contributed by atoms with van der Waals surface area (Å²) in [5, 5.41) is 0. The first-order chi connectivity index (χ1) is 15.7. The van der Waals surface area contributed by atoms with E-state index >= 15 is 0 Å². The SMILES string of the molecule is COc1cccc(CS(=O)(=O)Nc2ccc3c(c2)CN(S(=O)(=O)c2ccc(F)cc2)CC3)c1. The molecule has 1 N–H and O–H groups in total. The summed E-state index contributed by atoms with van der Waals surface area (Å²) in [6.07, 6.45) is 0.493. The molecule has 7 nitrogen and oxygen atoms in total. The lowest BCUT2D eigenvalue weighted by molar-refractivity contribution is 0.391. The maximum Gasteiger partial charge on any atom is 0.243 e. The van der Waals surface area contributed by atoms with Crippen LogP contribution in [0.25, 0.3) is 0 Å². The highest BCUT2D eigenvalue weighted by molar-refractivity contribution is 7.91. The molecule has 0 unspecified atom stereocenters. The quantitative estimate of drug-likeness (QED) is 0.547. The predicted molar refractivity (Wildman–Crippen MR) is 123 cm³/mol. The van der Waals surface area contributed by atoms with Crippen molar-refractivity contribution in [3.8, 4) is 5.75 Å². The molecule has 174 valence electrons. The Hall–Kier alpha value is -2.95. The molecular formula is C23H23FN2O5S2. The summed E-state index contributed by atoms with van der Waals surface area (Å²) in [5.74, 6) is -0.172. The average molecular weight is 491 g/mol. The Morgan fingerprint density at radius 1 is 0.970 bits per heavy atom. The van der Waals surface area contributed by atoms with Crippen LogP contribution in [0.5, 0.6) is 5.75 Å². The Kier molecular flexibility index (Phi) is 6.42. The molecular weight excluding hydrogens is 467 g/mol. The zero-order chi connectivity index (χ0) is 23.6. The summed E-state index contributed by atoms with van der Waals surface area (Å²) in [7, 11) is -5.99. The Morgan fingerprint density at radius 3 is 2.45 bits per heavy atom.